The highest BCUT2D eigenvalue weighted by atomic mass is 16.5. The Kier molecular flexibility index (Phi) is 30.5. The minimum atomic E-state index is 0.181. The maximum Gasteiger partial charge on any atom is 0.0682 e. The zero-order valence-corrected chi connectivity index (χ0v) is 26.8. The van der Waals surface area contributed by atoms with E-state index in [2.05, 4.69) is 27.7 Å². The van der Waals surface area contributed by atoms with Gasteiger partial charge in [0.25, 0.3) is 0 Å². The molecule has 0 heterocycles. The van der Waals surface area contributed by atoms with Crippen molar-refractivity contribution in [1.82, 2.24) is 0 Å². The summed E-state index contributed by atoms with van der Waals surface area (Å²) in [6.07, 6.45) is 41.8. The van der Waals surface area contributed by atoms with Crippen molar-refractivity contribution in [1.29, 1.82) is 0 Å². The largest absolute Gasteiger partial charge is 0.375 e. The van der Waals surface area contributed by atoms with Crippen LogP contribution < -0.4 is 0 Å². The molecular formula is C36H74O. The van der Waals surface area contributed by atoms with Crippen molar-refractivity contribution in [2.45, 2.75) is 226 Å². The lowest BCUT2D eigenvalue weighted by Gasteiger charge is -2.35. The second kappa shape index (κ2) is 30.5. The molecule has 0 atom stereocenters. The fourth-order valence-electron chi connectivity index (χ4n) is 5.98. The van der Waals surface area contributed by atoms with Crippen LogP contribution in [-0.2, 0) is 4.74 Å². The smallest absolute Gasteiger partial charge is 0.0682 e. The maximum absolute atomic E-state index is 6.98. The quantitative estimate of drug-likeness (QED) is 0.0798. The third kappa shape index (κ3) is 26.0. The predicted molar refractivity (Wildman–Crippen MR) is 170 cm³/mol. The fraction of sp³-hybridized carbons (Fsp3) is 1.00. The summed E-state index contributed by atoms with van der Waals surface area (Å²) in [5.41, 5.74) is 0.181. The van der Waals surface area contributed by atoms with Crippen molar-refractivity contribution in [3.05, 3.63) is 0 Å². The first-order chi connectivity index (χ1) is 18.2. The summed E-state index contributed by atoms with van der Waals surface area (Å²) in [5, 5.41) is 0. The number of ether oxygens (including phenoxy) is 1. The van der Waals surface area contributed by atoms with E-state index >= 15 is 0 Å². The molecular weight excluding hydrogens is 448 g/mol. The summed E-state index contributed by atoms with van der Waals surface area (Å²) in [6, 6.07) is 0. The van der Waals surface area contributed by atoms with Gasteiger partial charge in [-0.2, -0.15) is 0 Å². The van der Waals surface area contributed by atoms with E-state index in [-0.39, 0.29) is 5.60 Å². The van der Waals surface area contributed by atoms with Crippen LogP contribution in [0.3, 0.4) is 0 Å². The first-order valence-electron chi connectivity index (χ1n) is 17.9. The van der Waals surface area contributed by atoms with Gasteiger partial charge in [0.2, 0.25) is 0 Å². The molecule has 0 aromatic rings. The van der Waals surface area contributed by atoms with Gasteiger partial charge >= 0.3 is 0 Å². The summed E-state index contributed by atoms with van der Waals surface area (Å²) >= 11 is 0. The maximum atomic E-state index is 6.98. The molecule has 0 bridgehead atoms. The molecule has 0 fully saturated rings. The van der Waals surface area contributed by atoms with Gasteiger partial charge in [0.1, 0.15) is 0 Å². The second-order valence-corrected chi connectivity index (χ2v) is 12.4. The molecule has 0 N–H and O–H groups in total. The molecule has 37 heavy (non-hydrogen) atoms. The average molecular weight is 523 g/mol. The molecule has 0 aliphatic carbocycles. The molecule has 0 aliphatic heterocycles. The zero-order chi connectivity index (χ0) is 27.1. The molecule has 0 radical (unpaired) electrons. The standard InChI is InChI=1S/C36H74O/c1-5-9-13-17-21-23-27-31-35-37-36(32-28-24-19-15-11-7-3,33-29-25-20-16-12-8-4)34-30-26-22-18-14-10-6-2/h5-35H2,1-4H3. The minimum absolute atomic E-state index is 0.181. The lowest BCUT2D eigenvalue weighted by Crippen LogP contribution is -2.33. The van der Waals surface area contributed by atoms with Crippen LogP contribution in [0.25, 0.3) is 0 Å². The molecule has 0 amide bonds. The SMILES string of the molecule is CCCCCCCCCCOC(CCCCCCCC)(CCCCCCCC)CCCCCCCCC. The Morgan fingerprint density at radius 1 is 0.297 bits per heavy atom. The monoisotopic (exact) mass is 523 g/mol. The van der Waals surface area contributed by atoms with Gasteiger partial charge < -0.3 is 4.74 Å². The summed E-state index contributed by atoms with van der Waals surface area (Å²) in [4.78, 5) is 0. The molecule has 0 unspecified atom stereocenters. The lowest BCUT2D eigenvalue weighted by atomic mass is 9.84. The van der Waals surface area contributed by atoms with Crippen LogP contribution in [0.5, 0.6) is 0 Å². The van der Waals surface area contributed by atoms with E-state index in [1.807, 2.05) is 0 Å². The van der Waals surface area contributed by atoms with Crippen molar-refractivity contribution in [2.75, 3.05) is 6.61 Å². The highest BCUT2D eigenvalue weighted by Gasteiger charge is 2.29. The molecule has 0 saturated heterocycles. The molecule has 0 aromatic carbocycles. The van der Waals surface area contributed by atoms with Gasteiger partial charge in [0.15, 0.2) is 0 Å². The van der Waals surface area contributed by atoms with Gasteiger partial charge in [-0.1, -0.05) is 195 Å². The Morgan fingerprint density at radius 3 is 0.838 bits per heavy atom. The van der Waals surface area contributed by atoms with Crippen molar-refractivity contribution in [3.8, 4) is 0 Å². The predicted octanol–water partition coefficient (Wildman–Crippen LogP) is 13.5. The average Bonchev–Trinajstić information content (AvgIpc) is 2.91. The Morgan fingerprint density at radius 2 is 0.541 bits per heavy atom. The summed E-state index contributed by atoms with van der Waals surface area (Å²) in [6.45, 7) is 10.3. The lowest BCUT2D eigenvalue weighted by molar-refractivity contribution is -0.0694. The fourth-order valence-corrected chi connectivity index (χ4v) is 5.98. The van der Waals surface area contributed by atoms with Gasteiger partial charge in [0, 0.05) is 6.61 Å². The van der Waals surface area contributed by atoms with E-state index in [9.17, 15) is 0 Å². The molecule has 0 aromatic heterocycles. The van der Waals surface area contributed by atoms with Gasteiger partial charge in [-0.25, -0.2) is 0 Å². The van der Waals surface area contributed by atoms with Gasteiger partial charge in [-0.3, -0.25) is 0 Å². The number of unbranched alkanes of at least 4 members (excludes halogenated alkanes) is 23. The molecule has 224 valence electrons. The molecule has 1 nitrogen and oxygen atoms in total. The second-order valence-electron chi connectivity index (χ2n) is 12.4. The third-order valence-electron chi connectivity index (χ3n) is 8.61. The normalized spacial score (nSPS) is 12.0. The van der Waals surface area contributed by atoms with Gasteiger partial charge in [-0.15, -0.1) is 0 Å². The van der Waals surface area contributed by atoms with Crippen LogP contribution in [-0.4, -0.2) is 12.2 Å². The van der Waals surface area contributed by atoms with E-state index in [0.717, 1.165) is 6.61 Å². The summed E-state index contributed by atoms with van der Waals surface area (Å²) in [5.74, 6) is 0. The molecule has 0 rings (SSSR count). The van der Waals surface area contributed by atoms with E-state index in [1.54, 1.807) is 0 Å². The van der Waals surface area contributed by atoms with E-state index < -0.39 is 0 Å². The number of rotatable bonds is 32. The van der Waals surface area contributed by atoms with Crippen molar-refractivity contribution in [2.24, 2.45) is 0 Å². The van der Waals surface area contributed by atoms with Crippen molar-refractivity contribution < 1.29 is 4.74 Å². The van der Waals surface area contributed by atoms with Gasteiger partial charge in [0.05, 0.1) is 5.60 Å². The summed E-state index contributed by atoms with van der Waals surface area (Å²) < 4.78 is 6.98. The molecule has 0 aliphatic rings. The Balaban J connectivity index is 4.73. The van der Waals surface area contributed by atoms with Crippen molar-refractivity contribution >= 4 is 0 Å². The highest BCUT2D eigenvalue weighted by molar-refractivity contribution is 4.81. The Bertz CT molecular complexity index is 387. The van der Waals surface area contributed by atoms with E-state index in [0.29, 0.717) is 0 Å². The van der Waals surface area contributed by atoms with Gasteiger partial charge in [-0.05, 0) is 25.7 Å². The third-order valence-corrected chi connectivity index (χ3v) is 8.61. The number of hydrogen-bond acceptors (Lipinski definition) is 1. The van der Waals surface area contributed by atoms with Crippen LogP contribution in [0, 0.1) is 0 Å². The minimum Gasteiger partial charge on any atom is -0.375 e. The zero-order valence-electron chi connectivity index (χ0n) is 26.8. The summed E-state index contributed by atoms with van der Waals surface area (Å²) in [7, 11) is 0. The highest BCUT2D eigenvalue weighted by Crippen LogP contribution is 2.33. The van der Waals surface area contributed by atoms with Crippen LogP contribution in [0.2, 0.25) is 0 Å². The van der Waals surface area contributed by atoms with E-state index in [4.69, 9.17) is 4.74 Å². The molecule has 1 heteroatoms. The van der Waals surface area contributed by atoms with Crippen LogP contribution >= 0.6 is 0 Å². The number of hydrogen-bond donors (Lipinski definition) is 0. The first kappa shape index (κ1) is 37.0. The van der Waals surface area contributed by atoms with Crippen LogP contribution in [0.15, 0.2) is 0 Å². The van der Waals surface area contributed by atoms with Crippen molar-refractivity contribution in [3.63, 3.8) is 0 Å². The molecule has 0 saturated carbocycles. The first-order valence-corrected chi connectivity index (χ1v) is 17.9. The molecule has 0 spiro atoms. The Labute approximate surface area is 237 Å². The van der Waals surface area contributed by atoms with E-state index in [1.165, 1.54) is 193 Å². The Hall–Kier alpha value is -0.0400. The topological polar surface area (TPSA) is 9.23 Å². The van der Waals surface area contributed by atoms with Crippen LogP contribution in [0.4, 0.5) is 0 Å². The van der Waals surface area contributed by atoms with Crippen LogP contribution in [0.1, 0.15) is 220 Å².